The highest BCUT2D eigenvalue weighted by Crippen LogP contribution is 2.22. The number of fused-ring (bicyclic) bond motifs is 1. The van der Waals surface area contributed by atoms with Crippen LogP contribution in [0, 0.1) is 5.92 Å². The predicted molar refractivity (Wildman–Crippen MR) is 77.4 cm³/mol. The Bertz CT molecular complexity index is 592. The molecule has 3 rings (SSSR count). The SMILES string of the molecule is CN1CC(CCn2cccc2)Cc2ncccc2C1=O. The smallest absolute Gasteiger partial charge is 0.255 e. The summed E-state index contributed by atoms with van der Waals surface area (Å²) < 4.78 is 2.19. The molecule has 0 saturated heterocycles. The Labute approximate surface area is 119 Å². The fourth-order valence-corrected chi connectivity index (χ4v) is 2.85. The van der Waals surface area contributed by atoms with E-state index in [1.54, 1.807) is 6.20 Å². The highest BCUT2D eigenvalue weighted by Gasteiger charge is 2.25. The van der Waals surface area contributed by atoms with Crippen molar-refractivity contribution in [3.63, 3.8) is 0 Å². The molecule has 2 aromatic heterocycles. The van der Waals surface area contributed by atoms with E-state index in [4.69, 9.17) is 0 Å². The minimum absolute atomic E-state index is 0.0940. The third-order valence-electron chi connectivity index (χ3n) is 3.94. The van der Waals surface area contributed by atoms with Gasteiger partial charge in [0.1, 0.15) is 0 Å². The van der Waals surface area contributed by atoms with E-state index in [1.807, 2.05) is 36.2 Å². The minimum atomic E-state index is 0.0940. The van der Waals surface area contributed by atoms with Crippen LogP contribution < -0.4 is 0 Å². The van der Waals surface area contributed by atoms with Crippen molar-refractivity contribution < 1.29 is 4.79 Å². The summed E-state index contributed by atoms with van der Waals surface area (Å²) in [6, 6.07) is 7.80. The van der Waals surface area contributed by atoms with Crippen LogP contribution in [0.5, 0.6) is 0 Å². The maximum Gasteiger partial charge on any atom is 0.255 e. The van der Waals surface area contributed by atoms with Crippen LogP contribution in [0.4, 0.5) is 0 Å². The Morgan fingerprint density at radius 2 is 2.10 bits per heavy atom. The number of hydrogen-bond donors (Lipinski definition) is 0. The molecule has 0 fully saturated rings. The first kappa shape index (κ1) is 12.9. The van der Waals surface area contributed by atoms with Gasteiger partial charge in [0.05, 0.1) is 11.3 Å². The van der Waals surface area contributed by atoms with Crippen molar-refractivity contribution in [2.75, 3.05) is 13.6 Å². The average molecular weight is 269 g/mol. The van der Waals surface area contributed by atoms with Crippen LogP contribution in [0.1, 0.15) is 22.5 Å². The molecule has 3 heterocycles. The lowest BCUT2D eigenvalue weighted by atomic mass is 9.98. The van der Waals surface area contributed by atoms with Crippen LogP contribution in [-0.2, 0) is 13.0 Å². The summed E-state index contributed by atoms with van der Waals surface area (Å²) in [5, 5.41) is 0. The second-order valence-corrected chi connectivity index (χ2v) is 5.46. The van der Waals surface area contributed by atoms with E-state index < -0.39 is 0 Å². The number of pyridine rings is 1. The van der Waals surface area contributed by atoms with E-state index in [9.17, 15) is 4.79 Å². The standard InChI is InChI=1S/C16H19N3O/c1-18-12-13(6-10-19-8-2-3-9-19)11-15-14(16(18)20)5-4-7-17-15/h2-5,7-9,13H,6,10-12H2,1H3. The summed E-state index contributed by atoms with van der Waals surface area (Å²) in [5.74, 6) is 0.555. The van der Waals surface area contributed by atoms with Crippen LogP contribution in [0.3, 0.4) is 0 Å². The second-order valence-electron chi connectivity index (χ2n) is 5.46. The van der Waals surface area contributed by atoms with Crippen molar-refractivity contribution in [3.8, 4) is 0 Å². The number of nitrogens with zero attached hydrogens (tertiary/aromatic N) is 3. The van der Waals surface area contributed by atoms with Crippen molar-refractivity contribution in [1.82, 2.24) is 14.5 Å². The van der Waals surface area contributed by atoms with E-state index in [2.05, 4.69) is 21.9 Å². The first-order valence-electron chi connectivity index (χ1n) is 7.04. The molecule has 0 bridgehead atoms. The van der Waals surface area contributed by atoms with E-state index in [0.717, 1.165) is 37.2 Å². The molecule has 0 aliphatic carbocycles. The topological polar surface area (TPSA) is 38.1 Å². The molecular weight excluding hydrogens is 250 g/mol. The maximum atomic E-state index is 12.3. The molecule has 0 N–H and O–H groups in total. The number of aryl methyl sites for hydroxylation is 1. The molecule has 1 atom stereocenters. The summed E-state index contributed by atoms with van der Waals surface area (Å²) in [4.78, 5) is 18.5. The fraction of sp³-hybridized carbons (Fsp3) is 0.375. The zero-order valence-electron chi connectivity index (χ0n) is 11.7. The first-order valence-corrected chi connectivity index (χ1v) is 7.04. The van der Waals surface area contributed by atoms with Crippen LogP contribution in [0.2, 0.25) is 0 Å². The van der Waals surface area contributed by atoms with E-state index in [-0.39, 0.29) is 5.91 Å². The molecular formula is C16H19N3O. The van der Waals surface area contributed by atoms with Gasteiger partial charge in [-0.1, -0.05) is 0 Å². The summed E-state index contributed by atoms with van der Waals surface area (Å²) in [7, 11) is 1.88. The fourth-order valence-electron chi connectivity index (χ4n) is 2.85. The predicted octanol–water partition coefficient (Wildman–Crippen LogP) is 2.22. The Morgan fingerprint density at radius 3 is 2.90 bits per heavy atom. The van der Waals surface area contributed by atoms with E-state index in [0.29, 0.717) is 5.92 Å². The Balaban J connectivity index is 1.76. The van der Waals surface area contributed by atoms with Gasteiger partial charge in [0.25, 0.3) is 5.91 Å². The Kier molecular flexibility index (Phi) is 3.54. The number of hydrogen-bond acceptors (Lipinski definition) is 2. The first-order chi connectivity index (χ1) is 9.74. The van der Waals surface area contributed by atoms with Crippen molar-refractivity contribution >= 4 is 5.91 Å². The quantitative estimate of drug-likeness (QED) is 0.857. The number of rotatable bonds is 3. The maximum absolute atomic E-state index is 12.3. The monoisotopic (exact) mass is 269 g/mol. The molecule has 0 spiro atoms. The lowest BCUT2D eigenvalue weighted by Gasteiger charge is -2.20. The molecule has 1 unspecified atom stereocenters. The normalized spacial score (nSPS) is 18.8. The van der Waals surface area contributed by atoms with E-state index in [1.165, 1.54) is 0 Å². The Hall–Kier alpha value is -2.10. The van der Waals surface area contributed by atoms with Crippen LogP contribution in [0.15, 0.2) is 42.9 Å². The van der Waals surface area contributed by atoms with Crippen molar-refractivity contribution in [3.05, 3.63) is 54.1 Å². The molecule has 4 heteroatoms. The summed E-state index contributed by atoms with van der Waals surface area (Å²) in [6.45, 7) is 1.79. The lowest BCUT2D eigenvalue weighted by Crippen LogP contribution is -2.30. The molecule has 104 valence electrons. The van der Waals surface area contributed by atoms with Gasteiger partial charge in [0.2, 0.25) is 0 Å². The molecule has 0 aromatic carbocycles. The lowest BCUT2D eigenvalue weighted by molar-refractivity contribution is 0.0780. The van der Waals surface area contributed by atoms with Gasteiger partial charge < -0.3 is 9.47 Å². The third kappa shape index (κ3) is 2.59. The van der Waals surface area contributed by atoms with Gasteiger partial charge in [0.15, 0.2) is 0 Å². The highest BCUT2D eigenvalue weighted by molar-refractivity contribution is 5.95. The largest absolute Gasteiger partial charge is 0.354 e. The van der Waals surface area contributed by atoms with Crippen LogP contribution >= 0.6 is 0 Å². The van der Waals surface area contributed by atoms with Crippen LogP contribution in [0.25, 0.3) is 0 Å². The zero-order chi connectivity index (χ0) is 13.9. The van der Waals surface area contributed by atoms with Crippen molar-refractivity contribution in [2.24, 2.45) is 5.92 Å². The van der Waals surface area contributed by atoms with Gasteiger partial charge in [-0.2, -0.15) is 0 Å². The van der Waals surface area contributed by atoms with Gasteiger partial charge >= 0.3 is 0 Å². The third-order valence-corrected chi connectivity index (χ3v) is 3.94. The molecule has 20 heavy (non-hydrogen) atoms. The average Bonchev–Trinajstić information content (AvgIpc) is 2.94. The van der Waals surface area contributed by atoms with Gasteiger partial charge in [-0.05, 0) is 43.0 Å². The number of amides is 1. The molecule has 4 nitrogen and oxygen atoms in total. The summed E-state index contributed by atoms with van der Waals surface area (Å²) in [5.41, 5.74) is 1.71. The molecule has 1 aliphatic heterocycles. The van der Waals surface area contributed by atoms with Gasteiger partial charge in [-0.15, -0.1) is 0 Å². The molecule has 1 aliphatic rings. The van der Waals surface area contributed by atoms with Gasteiger partial charge in [0, 0.05) is 38.7 Å². The second kappa shape index (κ2) is 5.49. The Morgan fingerprint density at radius 1 is 1.30 bits per heavy atom. The summed E-state index contributed by atoms with van der Waals surface area (Å²) in [6.07, 6.45) is 7.88. The number of aromatic nitrogens is 2. The molecule has 2 aromatic rings. The van der Waals surface area contributed by atoms with Crippen molar-refractivity contribution in [2.45, 2.75) is 19.4 Å². The summed E-state index contributed by atoms with van der Waals surface area (Å²) >= 11 is 0. The molecule has 1 amide bonds. The van der Waals surface area contributed by atoms with Gasteiger partial charge in [-0.3, -0.25) is 9.78 Å². The van der Waals surface area contributed by atoms with Gasteiger partial charge in [-0.25, -0.2) is 0 Å². The van der Waals surface area contributed by atoms with E-state index >= 15 is 0 Å². The molecule has 0 radical (unpaired) electrons. The minimum Gasteiger partial charge on any atom is -0.354 e. The highest BCUT2D eigenvalue weighted by atomic mass is 16.2. The zero-order valence-corrected chi connectivity index (χ0v) is 11.7. The van der Waals surface area contributed by atoms with Crippen molar-refractivity contribution in [1.29, 1.82) is 0 Å². The number of carbonyl (C=O) groups excluding carboxylic acids is 1. The van der Waals surface area contributed by atoms with Crippen LogP contribution in [-0.4, -0.2) is 34.0 Å². The molecule has 0 saturated carbocycles. The number of carbonyl (C=O) groups is 1.